The number of thiazole rings is 1. The summed E-state index contributed by atoms with van der Waals surface area (Å²) >= 11 is 1.25. The molecule has 2 rings (SSSR count). The van der Waals surface area contributed by atoms with Crippen molar-refractivity contribution in [2.45, 2.75) is 32.9 Å². The summed E-state index contributed by atoms with van der Waals surface area (Å²) in [5.74, 6) is -0.308. The molecule has 2 heterocycles. The minimum atomic E-state index is -0.193. The average molecular weight is 283 g/mol. The lowest BCUT2D eigenvalue weighted by atomic mass is 10.2. The molecule has 0 radical (unpaired) electrons. The number of nitrogens with zero attached hydrogens (tertiary/aromatic N) is 2. The third kappa shape index (κ3) is 3.30. The van der Waals surface area contributed by atoms with Gasteiger partial charge < -0.3 is 15.0 Å². The molecule has 6 nitrogen and oxygen atoms in total. The Labute approximate surface area is 115 Å². The van der Waals surface area contributed by atoms with Crippen molar-refractivity contribution in [3.05, 3.63) is 11.1 Å². The number of rotatable bonds is 2. The van der Waals surface area contributed by atoms with Crippen LogP contribution in [0.4, 0.5) is 5.13 Å². The van der Waals surface area contributed by atoms with E-state index < -0.39 is 0 Å². The first-order chi connectivity index (χ1) is 8.97. The van der Waals surface area contributed by atoms with E-state index in [0.717, 1.165) is 0 Å². The van der Waals surface area contributed by atoms with Crippen molar-refractivity contribution in [1.29, 1.82) is 0 Å². The molecule has 7 heteroatoms. The fourth-order valence-corrected chi connectivity index (χ4v) is 2.64. The number of carbonyl (C=O) groups is 2. The maximum Gasteiger partial charge on any atom is 0.273 e. The molecule has 2 atom stereocenters. The number of hydrogen-bond donors (Lipinski definition) is 1. The Morgan fingerprint density at radius 2 is 2.26 bits per heavy atom. The van der Waals surface area contributed by atoms with E-state index in [1.54, 1.807) is 10.3 Å². The van der Waals surface area contributed by atoms with Gasteiger partial charge in [-0.05, 0) is 13.8 Å². The number of morpholine rings is 1. The second-order valence-corrected chi connectivity index (χ2v) is 5.53. The first-order valence-electron chi connectivity index (χ1n) is 6.13. The second-order valence-electron chi connectivity index (χ2n) is 4.67. The van der Waals surface area contributed by atoms with E-state index in [1.165, 1.54) is 18.3 Å². The topological polar surface area (TPSA) is 71.5 Å². The van der Waals surface area contributed by atoms with Crippen LogP contribution in [0, 0.1) is 0 Å². The van der Waals surface area contributed by atoms with Crippen molar-refractivity contribution in [3.8, 4) is 0 Å². The molecule has 0 saturated carbocycles. The predicted octanol–water partition coefficient (Wildman–Crippen LogP) is 1.35. The first kappa shape index (κ1) is 14.0. The summed E-state index contributed by atoms with van der Waals surface area (Å²) in [5, 5.41) is 4.69. The molecule has 1 aliphatic heterocycles. The third-order valence-electron chi connectivity index (χ3n) is 2.87. The Bertz CT molecular complexity index is 488. The van der Waals surface area contributed by atoms with Gasteiger partial charge in [0, 0.05) is 18.8 Å². The first-order valence-corrected chi connectivity index (χ1v) is 7.01. The Balaban J connectivity index is 2.10. The Morgan fingerprint density at radius 1 is 1.53 bits per heavy atom. The van der Waals surface area contributed by atoms with Crippen LogP contribution in [-0.4, -0.2) is 47.0 Å². The molecule has 1 aromatic rings. The van der Waals surface area contributed by atoms with Gasteiger partial charge >= 0.3 is 0 Å². The third-order valence-corrected chi connectivity index (χ3v) is 3.63. The van der Waals surface area contributed by atoms with Crippen LogP contribution in [0.25, 0.3) is 0 Å². The quantitative estimate of drug-likeness (QED) is 0.889. The lowest BCUT2D eigenvalue weighted by Crippen LogP contribution is -2.50. The molecular weight excluding hydrogens is 266 g/mol. The van der Waals surface area contributed by atoms with Gasteiger partial charge in [0.15, 0.2) is 5.13 Å². The van der Waals surface area contributed by atoms with Crippen molar-refractivity contribution in [2.24, 2.45) is 0 Å². The van der Waals surface area contributed by atoms with Crippen LogP contribution >= 0.6 is 11.3 Å². The van der Waals surface area contributed by atoms with Gasteiger partial charge in [-0.3, -0.25) is 9.59 Å². The van der Waals surface area contributed by atoms with E-state index in [-0.39, 0.29) is 24.0 Å². The summed E-state index contributed by atoms with van der Waals surface area (Å²) < 4.78 is 5.50. The monoisotopic (exact) mass is 283 g/mol. The largest absolute Gasteiger partial charge is 0.375 e. The van der Waals surface area contributed by atoms with Gasteiger partial charge in [-0.15, -0.1) is 11.3 Å². The number of hydrogen-bond acceptors (Lipinski definition) is 5. The number of carbonyl (C=O) groups excluding carboxylic acids is 2. The number of amides is 2. The Hall–Kier alpha value is -1.47. The van der Waals surface area contributed by atoms with Crippen LogP contribution in [0.2, 0.25) is 0 Å². The van der Waals surface area contributed by atoms with Crippen LogP contribution < -0.4 is 5.32 Å². The molecule has 0 aromatic carbocycles. The standard InChI is InChI=1S/C12H17N3O3S/c1-7-5-18-8(2)4-15(7)11(17)10-6-19-12(14-10)13-9(3)16/h6-8H,4-5H2,1-3H3,(H,13,14,16)/t7-,8+/m0/s1. The number of nitrogens with one attached hydrogen (secondary N) is 1. The smallest absolute Gasteiger partial charge is 0.273 e. The van der Waals surface area contributed by atoms with Crippen LogP contribution in [-0.2, 0) is 9.53 Å². The highest BCUT2D eigenvalue weighted by atomic mass is 32.1. The summed E-state index contributed by atoms with van der Waals surface area (Å²) in [6.07, 6.45) is 0.0357. The SMILES string of the molecule is CC(=O)Nc1nc(C(=O)N2C[C@@H](C)OC[C@@H]2C)cs1. The number of aromatic nitrogens is 1. The Morgan fingerprint density at radius 3 is 2.95 bits per heavy atom. The van der Waals surface area contributed by atoms with E-state index in [0.29, 0.717) is 24.0 Å². The van der Waals surface area contributed by atoms with Gasteiger partial charge in [-0.1, -0.05) is 0 Å². The van der Waals surface area contributed by atoms with Crippen LogP contribution in [0.15, 0.2) is 5.38 Å². The molecule has 0 bridgehead atoms. The minimum absolute atomic E-state index is 0.0357. The number of anilines is 1. The lowest BCUT2D eigenvalue weighted by molar-refractivity contribution is -0.114. The van der Waals surface area contributed by atoms with Gasteiger partial charge in [0.05, 0.1) is 18.8 Å². The van der Waals surface area contributed by atoms with Crippen molar-refractivity contribution in [1.82, 2.24) is 9.88 Å². The van der Waals surface area contributed by atoms with Crippen LogP contribution in [0.3, 0.4) is 0 Å². The highest BCUT2D eigenvalue weighted by Gasteiger charge is 2.29. The molecule has 1 saturated heterocycles. The molecule has 1 aromatic heterocycles. The molecule has 0 spiro atoms. The maximum absolute atomic E-state index is 12.4. The summed E-state index contributed by atoms with van der Waals surface area (Å²) in [7, 11) is 0. The molecule has 1 N–H and O–H groups in total. The van der Waals surface area contributed by atoms with Gasteiger partial charge in [-0.25, -0.2) is 4.98 Å². The fourth-order valence-electron chi connectivity index (χ4n) is 1.91. The van der Waals surface area contributed by atoms with E-state index in [4.69, 9.17) is 4.74 Å². The zero-order valence-electron chi connectivity index (χ0n) is 11.2. The molecule has 1 aliphatic rings. The van der Waals surface area contributed by atoms with Gasteiger partial charge in [0.2, 0.25) is 5.91 Å². The van der Waals surface area contributed by atoms with E-state index in [9.17, 15) is 9.59 Å². The van der Waals surface area contributed by atoms with Crippen molar-refractivity contribution < 1.29 is 14.3 Å². The predicted molar refractivity (Wildman–Crippen MR) is 72.3 cm³/mol. The highest BCUT2D eigenvalue weighted by Crippen LogP contribution is 2.19. The average Bonchev–Trinajstić information content (AvgIpc) is 2.79. The van der Waals surface area contributed by atoms with Crippen molar-refractivity contribution in [2.75, 3.05) is 18.5 Å². The summed E-state index contributed by atoms with van der Waals surface area (Å²) in [6.45, 7) is 6.40. The molecule has 0 unspecified atom stereocenters. The fraction of sp³-hybridized carbons (Fsp3) is 0.583. The van der Waals surface area contributed by atoms with E-state index in [2.05, 4.69) is 10.3 Å². The normalized spacial score (nSPS) is 23.2. The van der Waals surface area contributed by atoms with Crippen molar-refractivity contribution in [3.63, 3.8) is 0 Å². The van der Waals surface area contributed by atoms with Crippen molar-refractivity contribution >= 4 is 28.3 Å². The van der Waals surface area contributed by atoms with Crippen LogP contribution in [0.5, 0.6) is 0 Å². The van der Waals surface area contributed by atoms with E-state index in [1.807, 2.05) is 13.8 Å². The van der Waals surface area contributed by atoms with Crippen LogP contribution in [0.1, 0.15) is 31.3 Å². The minimum Gasteiger partial charge on any atom is -0.375 e. The Kier molecular flexibility index (Phi) is 4.16. The molecule has 19 heavy (non-hydrogen) atoms. The zero-order valence-corrected chi connectivity index (χ0v) is 12.0. The zero-order chi connectivity index (χ0) is 14.0. The van der Waals surface area contributed by atoms with Gasteiger partial charge in [-0.2, -0.15) is 0 Å². The maximum atomic E-state index is 12.4. The summed E-state index contributed by atoms with van der Waals surface area (Å²) in [5.41, 5.74) is 0.370. The highest BCUT2D eigenvalue weighted by molar-refractivity contribution is 7.14. The molecule has 0 aliphatic carbocycles. The molecule has 1 fully saturated rings. The molecule has 2 amide bonds. The number of ether oxygens (including phenoxy) is 1. The van der Waals surface area contributed by atoms with Gasteiger partial charge in [0.1, 0.15) is 5.69 Å². The van der Waals surface area contributed by atoms with E-state index >= 15 is 0 Å². The summed E-state index contributed by atoms with van der Waals surface area (Å²) in [4.78, 5) is 29.2. The lowest BCUT2D eigenvalue weighted by Gasteiger charge is -2.36. The second kappa shape index (κ2) is 5.66. The summed E-state index contributed by atoms with van der Waals surface area (Å²) in [6, 6.07) is 0.0367. The molecule has 104 valence electrons. The molecular formula is C12H17N3O3S. The van der Waals surface area contributed by atoms with Gasteiger partial charge in [0.25, 0.3) is 5.91 Å².